The van der Waals surface area contributed by atoms with Crippen LogP contribution in [0.4, 0.5) is 11.8 Å². The fraction of sp³-hybridized carbons (Fsp3) is 0.467. The molecule has 1 aromatic heterocycles. The van der Waals surface area contributed by atoms with Gasteiger partial charge in [0, 0.05) is 28.1 Å². The van der Waals surface area contributed by atoms with Crippen molar-refractivity contribution in [2.24, 2.45) is 0 Å². The average Bonchev–Trinajstić information content (AvgIpc) is 3.32. The number of morpholine rings is 1. The summed E-state index contributed by atoms with van der Waals surface area (Å²) in [5.74, 6) is 1.79. The molecule has 1 aliphatic carbocycles. The van der Waals surface area contributed by atoms with E-state index in [1.54, 1.807) is 0 Å². The van der Waals surface area contributed by atoms with Crippen molar-refractivity contribution in [3.63, 3.8) is 0 Å². The third-order valence-corrected chi connectivity index (χ3v) is 4.53. The van der Waals surface area contributed by atoms with E-state index in [1.165, 1.54) is 16.4 Å². The minimum absolute atomic E-state index is 0.582. The molecular formula is C15H17IN4O. The lowest BCUT2D eigenvalue weighted by atomic mass is 10.2. The number of hydrogen-bond acceptors (Lipinski definition) is 5. The minimum atomic E-state index is 0.582. The summed E-state index contributed by atoms with van der Waals surface area (Å²) in [4.78, 5) is 11.7. The Kier molecular flexibility index (Phi) is 3.58. The standard InChI is InChI=1S/C15H17IN4O/c16-10-1-4-13-12(9-10)14(17-11-2-3-11)19-15(18-13)20-5-7-21-8-6-20/h1,4,9,11H,2-3,5-8H2,(H,17,18,19). The fourth-order valence-electron chi connectivity index (χ4n) is 2.52. The maximum absolute atomic E-state index is 5.42. The molecule has 2 fully saturated rings. The lowest BCUT2D eigenvalue weighted by Gasteiger charge is -2.27. The molecule has 1 saturated heterocycles. The van der Waals surface area contributed by atoms with Crippen LogP contribution in [0, 0.1) is 3.57 Å². The average molecular weight is 396 g/mol. The van der Waals surface area contributed by atoms with Crippen molar-refractivity contribution in [2.75, 3.05) is 36.5 Å². The lowest BCUT2D eigenvalue weighted by Crippen LogP contribution is -2.37. The fourth-order valence-corrected chi connectivity index (χ4v) is 3.02. The largest absolute Gasteiger partial charge is 0.378 e. The second-order valence-corrected chi connectivity index (χ2v) is 6.80. The van der Waals surface area contributed by atoms with Crippen LogP contribution in [-0.2, 0) is 4.74 Å². The van der Waals surface area contributed by atoms with Gasteiger partial charge in [-0.1, -0.05) is 0 Å². The normalized spacial score (nSPS) is 19.0. The zero-order chi connectivity index (χ0) is 14.2. The first-order chi connectivity index (χ1) is 10.3. The molecule has 4 rings (SSSR count). The molecule has 2 aromatic rings. The van der Waals surface area contributed by atoms with Gasteiger partial charge in [0.1, 0.15) is 5.82 Å². The summed E-state index contributed by atoms with van der Waals surface area (Å²) in [7, 11) is 0. The van der Waals surface area contributed by atoms with Crippen LogP contribution in [0.5, 0.6) is 0 Å². The Morgan fingerprint density at radius 1 is 1.19 bits per heavy atom. The maximum Gasteiger partial charge on any atom is 0.228 e. The van der Waals surface area contributed by atoms with Crippen molar-refractivity contribution < 1.29 is 4.74 Å². The number of nitrogens with one attached hydrogen (secondary N) is 1. The second-order valence-electron chi connectivity index (χ2n) is 5.55. The van der Waals surface area contributed by atoms with Gasteiger partial charge in [0.25, 0.3) is 0 Å². The Bertz CT molecular complexity index is 668. The van der Waals surface area contributed by atoms with E-state index in [-0.39, 0.29) is 0 Å². The van der Waals surface area contributed by atoms with Crippen molar-refractivity contribution in [3.05, 3.63) is 21.8 Å². The predicted octanol–water partition coefficient (Wildman–Crippen LogP) is 2.65. The van der Waals surface area contributed by atoms with Gasteiger partial charge in [0.15, 0.2) is 0 Å². The van der Waals surface area contributed by atoms with Crippen molar-refractivity contribution in [3.8, 4) is 0 Å². The monoisotopic (exact) mass is 396 g/mol. The summed E-state index contributed by atoms with van der Waals surface area (Å²) >= 11 is 2.34. The molecule has 2 aliphatic rings. The van der Waals surface area contributed by atoms with E-state index >= 15 is 0 Å². The Balaban J connectivity index is 1.78. The van der Waals surface area contributed by atoms with Gasteiger partial charge in [-0.05, 0) is 53.6 Å². The number of hydrogen-bond donors (Lipinski definition) is 1. The number of nitrogens with zero attached hydrogens (tertiary/aromatic N) is 3. The zero-order valence-electron chi connectivity index (χ0n) is 11.7. The summed E-state index contributed by atoms with van der Waals surface area (Å²) in [5.41, 5.74) is 1.01. The highest BCUT2D eigenvalue weighted by Crippen LogP contribution is 2.30. The Morgan fingerprint density at radius 2 is 2.00 bits per heavy atom. The van der Waals surface area contributed by atoms with Crippen LogP contribution >= 0.6 is 22.6 Å². The van der Waals surface area contributed by atoms with Crippen LogP contribution < -0.4 is 10.2 Å². The number of anilines is 2. The molecule has 1 aliphatic heterocycles. The topological polar surface area (TPSA) is 50.3 Å². The number of halogens is 1. The molecule has 0 amide bonds. The Labute approximate surface area is 137 Å². The molecule has 21 heavy (non-hydrogen) atoms. The lowest BCUT2D eigenvalue weighted by molar-refractivity contribution is 0.122. The van der Waals surface area contributed by atoms with Gasteiger partial charge in [-0.3, -0.25) is 0 Å². The van der Waals surface area contributed by atoms with Gasteiger partial charge in [-0.2, -0.15) is 4.98 Å². The van der Waals surface area contributed by atoms with E-state index < -0.39 is 0 Å². The summed E-state index contributed by atoms with van der Waals surface area (Å²) in [6, 6.07) is 6.92. The molecule has 0 spiro atoms. The molecule has 5 nitrogen and oxygen atoms in total. The third-order valence-electron chi connectivity index (χ3n) is 3.86. The molecular weight excluding hydrogens is 379 g/mol. The molecule has 1 saturated carbocycles. The number of fused-ring (bicyclic) bond motifs is 1. The summed E-state index contributed by atoms with van der Waals surface area (Å²) in [6.45, 7) is 3.22. The van der Waals surface area contributed by atoms with Crippen molar-refractivity contribution in [1.82, 2.24) is 9.97 Å². The number of benzene rings is 1. The first kappa shape index (κ1) is 13.5. The van der Waals surface area contributed by atoms with Gasteiger partial charge in [-0.15, -0.1) is 0 Å². The SMILES string of the molecule is Ic1ccc2nc(N3CCOCC3)nc(NC3CC3)c2c1. The van der Waals surface area contributed by atoms with Gasteiger partial charge in [-0.25, -0.2) is 4.98 Å². The summed E-state index contributed by atoms with van der Waals surface area (Å²) in [5, 5.41) is 4.67. The predicted molar refractivity (Wildman–Crippen MR) is 91.9 cm³/mol. The van der Waals surface area contributed by atoms with Crippen LogP contribution in [0.2, 0.25) is 0 Å². The highest BCUT2D eigenvalue weighted by Gasteiger charge is 2.24. The minimum Gasteiger partial charge on any atom is -0.378 e. The van der Waals surface area contributed by atoms with Crippen molar-refractivity contribution in [1.29, 1.82) is 0 Å². The van der Waals surface area contributed by atoms with E-state index in [0.29, 0.717) is 6.04 Å². The van der Waals surface area contributed by atoms with Gasteiger partial charge >= 0.3 is 0 Å². The van der Waals surface area contributed by atoms with Crippen LogP contribution in [0.1, 0.15) is 12.8 Å². The maximum atomic E-state index is 5.42. The Morgan fingerprint density at radius 3 is 2.76 bits per heavy atom. The highest BCUT2D eigenvalue weighted by atomic mass is 127. The van der Waals surface area contributed by atoms with E-state index in [2.05, 4.69) is 51.0 Å². The summed E-state index contributed by atoms with van der Waals surface area (Å²) < 4.78 is 6.63. The smallest absolute Gasteiger partial charge is 0.228 e. The molecule has 0 bridgehead atoms. The van der Waals surface area contributed by atoms with Gasteiger partial charge < -0.3 is 15.0 Å². The van der Waals surface area contributed by atoms with E-state index in [1.807, 2.05) is 0 Å². The first-order valence-corrected chi connectivity index (χ1v) is 8.44. The van der Waals surface area contributed by atoms with Crippen LogP contribution in [-0.4, -0.2) is 42.3 Å². The van der Waals surface area contributed by atoms with Crippen molar-refractivity contribution >= 4 is 45.3 Å². The highest BCUT2D eigenvalue weighted by molar-refractivity contribution is 14.1. The molecule has 0 radical (unpaired) electrons. The van der Waals surface area contributed by atoms with Crippen LogP contribution in [0.15, 0.2) is 18.2 Å². The quantitative estimate of drug-likeness (QED) is 0.809. The zero-order valence-corrected chi connectivity index (χ0v) is 13.8. The summed E-state index contributed by atoms with van der Waals surface area (Å²) in [6.07, 6.45) is 2.48. The molecule has 6 heteroatoms. The van der Waals surface area contributed by atoms with Crippen molar-refractivity contribution in [2.45, 2.75) is 18.9 Å². The Hall–Kier alpha value is -1.15. The first-order valence-electron chi connectivity index (χ1n) is 7.36. The number of ether oxygens (including phenoxy) is 1. The van der Waals surface area contributed by atoms with E-state index in [0.717, 1.165) is 49.0 Å². The molecule has 1 N–H and O–H groups in total. The molecule has 0 atom stereocenters. The molecule has 110 valence electrons. The van der Waals surface area contributed by atoms with E-state index in [4.69, 9.17) is 14.7 Å². The second kappa shape index (κ2) is 5.57. The molecule has 0 unspecified atom stereocenters. The van der Waals surface area contributed by atoms with E-state index in [9.17, 15) is 0 Å². The van der Waals surface area contributed by atoms with Gasteiger partial charge in [0.05, 0.1) is 18.7 Å². The number of aromatic nitrogens is 2. The van der Waals surface area contributed by atoms with Crippen LogP contribution in [0.25, 0.3) is 10.9 Å². The molecule has 1 aromatic carbocycles. The van der Waals surface area contributed by atoms with Gasteiger partial charge in [0.2, 0.25) is 5.95 Å². The number of rotatable bonds is 3. The molecule has 2 heterocycles. The van der Waals surface area contributed by atoms with Crippen LogP contribution in [0.3, 0.4) is 0 Å². The third kappa shape index (κ3) is 2.91.